The predicted octanol–water partition coefficient (Wildman–Crippen LogP) is 1.30. The Morgan fingerprint density at radius 1 is 1.24 bits per heavy atom. The number of hydrogen-bond donors (Lipinski definition) is 3. The molecule has 0 radical (unpaired) electrons. The number of nitrogens with zero attached hydrogens (tertiary/aromatic N) is 2. The van der Waals surface area contributed by atoms with Crippen LogP contribution in [0.3, 0.4) is 0 Å². The first-order valence-corrected chi connectivity index (χ1v) is 8.98. The summed E-state index contributed by atoms with van der Waals surface area (Å²) in [6.45, 7) is 0.373. The Morgan fingerprint density at radius 3 is 2.86 bits per heavy atom. The van der Waals surface area contributed by atoms with E-state index >= 15 is 0 Å². The molecule has 9 nitrogen and oxygen atoms in total. The molecule has 1 aliphatic heterocycles. The van der Waals surface area contributed by atoms with Gasteiger partial charge in [0.25, 0.3) is 11.8 Å². The molecule has 0 fully saturated rings. The molecule has 3 aromatic rings. The van der Waals surface area contributed by atoms with E-state index in [4.69, 9.17) is 15.2 Å². The summed E-state index contributed by atoms with van der Waals surface area (Å²) in [6.07, 6.45) is 2.41. The van der Waals surface area contributed by atoms with Crippen molar-refractivity contribution in [3.05, 3.63) is 47.8 Å². The zero-order chi connectivity index (χ0) is 20.4. The SMILES string of the molecule is COc1cc(-c2nccc(-c3cc4c([nH]3)CCNC4=O)n2)ccc1OCC(N)=O. The number of methoxy groups -OCH3 is 1. The number of benzene rings is 1. The number of rotatable bonds is 6. The van der Waals surface area contributed by atoms with Crippen LogP contribution in [-0.2, 0) is 11.2 Å². The van der Waals surface area contributed by atoms with Gasteiger partial charge in [-0.1, -0.05) is 0 Å². The Labute approximate surface area is 166 Å². The molecular weight excluding hydrogens is 374 g/mol. The summed E-state index contributed by atoms with van der Waals surface area (Å²) < 4.78 is 10.7. The molecule has 4 rings (SSSR count). The number of carbonyl (C=O) groups excluding carboxylic acids is 2. The third-order valence-electron chi connectivity index (χ3n) is 4.53. The first-order chi connectivity index (χ1) is 14.0. The van der Waals surface area contributed by atoms with Crippen molar-refractivity contribution in [3.63, 3.8) is 0 Å². The molecule has 2 aromatic heterocycles. The lowest BCUT2D eigenvalue weighted by molar-refractivity contribution is -0.119. The van der Waals surface area contributed by atoms with Crippen LogP contribution < -0.4 is 20.5 Å². The number of aromatic nitrogens is 3. The number of carbonyl (C=O) groups is 2. The molecule has 148 valence electrons. The van der Waals surface area contributed by atoms with Crippen molar-refractivity contribution >= 4 is 11.8 Å². The lowest BCUT2D eigenvalue weighted by Crippen LogP contribution is -2.31. The Morgan fingerprint density at radius 2 is 2.10 bits per heavy atom. The first kappa shape index (κ1) is 18.5. The molecule has 2 amide bonds. The van der Waals surface area contributed by atoms with Crippen LogP contribution in [0, 0.1) is 0 Å². The van der Waals surface area contributed by atoms with Crippen LogP contribution in [0.25, 0.3) is 22.8 Å². The van der Waals surface area contributed by atoms with E-state index in [1.54, 1.807) is 36.5 Å². The van der Waals surface area contributed by atoms with Gasteiger partial charge in [0.15, 0.2) is 23.9 Å². The summed E-state index contributed by atoms with van der Waals surface area (Å²) in [5, 5.41) is 2.83. The number of H-pyrrole nitrogens is 1. The second-order valence-electron chi connectivity index (χ2n) is 6.47. The number of fused-ring (bicyclic) bond motifs is 1. The first-order valence-electron chi connectivity index (χ1n) is 8.98. The Kier molecular flexibility index (Phi) is 4.86. The lowest BCUT2D eigenvalue weighted by atomic mass is 10.1. The molecule has 1 aliphatic rings. The van der Waals surface area contributed by atoms with E-state index in [1.165, 1.54) is 7.11 Å². The maximum absolute atomic E-state index is 12.0. The molecule has 0 unspecified atom stereocenters. The molecule has 0 atom stereocenters. The Bertz CT molecular complexity index is 1090. The number of primary amides is 1. The second kappa shape index (κ2) is 7.63. The fourth-order valence-electron chi connectivity index (χ4n) is 3.15. The molecule has 0 bridgehead atoms. The average molecular weight is 393 g/mol. The van der Waals surface area contributed by atoms with Gasteiger partial charge < -0.3 is 25.5 Å². The van der Waals surface area contributed by atoms with E-state index in [2.05, 4.69) is 20.3 Å². The van der Waals surface area contributed by atoms with Crippen molar-refractivity contribution in [1.82, 2.24) is 20.3 Å². The zero-order valence-electron chi connectivity index (χ0n) is 15.7. The Balaban J connectivity index is 1.65. The number of nitrogens with two attached hydrogens (primary N) is 1. The van der Waals surface area contributed by atoms with Crippen LogP contribution >= 0.6 is 0 Å². The van der Waals surface area contributed by atoms with Crippen LogP contribution in [-0.4, -0.2) is 47.0 Å². The van der Waals surface area contributed by atoms with Crippen LogP contribution in [0.2, 0.25) is 0 Å². The quantitative estimate of drug-likeness (QED) is 0.578. The molecule has 0 saturated heterocycles. The summed E-state index contributed by atoms with van der Waals surface area (Å²) in [4.78, 5) is 35.2. The number of nitrogens with one attached hydrogen (secondary N) is 2. The maximum Gasteiger partial charge on any atom is 0.255 e. The topological polar surface area (TPSA) is 132 Å². The summed E-state index contributed by atoms with van der Waals surface area (Å²) >= 11 is 0. The number of hydrogen-bond acceptors (Lipinski definition) is 6. The Hall–Kier alpha value is -3.88. The largest absolute Gasteiger partial charge is 0.493 e. The van der Waals surface area contributed by atoms with E-state index < -0.39 is 5.91 Å². The normalized spacial score (nSPS) is 12.8. The van der Waals surface area contributed by atoms with Gasteiger partial charge in [0.05, 0.1) is 24.1 Å². The summed E-state index contributed by atoms with van der Waals surface area (Å²) in [5.41, 5.74) is 8.80. The van der Waals surface area contributed by atoms with Crippen molar-refractivity contribution in [1.29, 1.82) is 0 Å². The maximum atomic E-state index is 12.0. The molecular formula is C20H19N5O4. The minimum absolute atomic E-state index is 0.0840. The lowest BCUT2D eigenvalue weighted by Gasteiger charge is -2.11. The smallest absolute Gasteiger partial charge is 0.255 e. The van der Waals surface area contributed by atoms with Gasteiger partial charge in [-0.3, -0.25) is 9.59 Å². The molecule has 3 heterocycles. The number of aromatic amines is 1. The van der Waals surface area contributed by atoms with Gasteiger partial charge in [-0.05, 0) is 30.3 Å². The molecule has 0 spiro atoms. The van der Waals surface area contributed by atoms with E-state index in [0.29, 0.717) is 40.7 Å². The van der Waals surface area contributed by atoms with Crippen molar-refractivity contribution < 1.29 is 19.1 Å². The predicted molar refractivity (Wildman–Crippen MR) is 105 cm³/mol. The van der Waals surface area contributed by atoms with E-state index in [9.17, 15) is 9.59 Å². The minimum Gasteiger partial charge on any atom is -0.493 e. The highest BCUT2D eigenvalue weighted by Gasteiger charge is 2.20. The molecule has 29 heavy (non-hydrogen) atoms. The highest BCUT2D eigenvalue weighted by atomic mass is 16.5. The van der Waals surface area contributed by atoms with Gasteiger partial charge in [-0.25, -0.2) is 9.97 Å². The van der Waals surface area contributed by atoms with Gasteiger partial charge in [0, 0.05) is 30.4 Å². The molecule has 0 aliphatic carbocycles. The zero-order valence-corrected chi connectivity index (χ0v) is 15.7. The van der Waals surface area contributed by atoms with Crippen LogP contribution in [0.4, 0.5) is 0 Å². The highest BCUT2D eigenvalue weighted by Crippen LogP contribution is 2.32. The summed E-state index contributed by atoms with van der Waals surface area (Å²) in [5.74, 6) is 0.659. The van der Waals surface area contributed by atoms with Crippen LogP contribution in [0.1, 0.15) is 16.1 Å². The van der Waals surface area contributed by atoms with E-state index in [-0.39, 0.29) is 12.5 Å². The summed E-state index contributed by atoms with van der Waals surface area (Å²) in [7, 11) is 1.50. The second-order valence-corrected chi connectivity index (χ2v) is 6.47. The van der Waals surface area contributed by atoms with Gasteiger partial charge in [-0.15, -0.1) is 0 Å². The molecule has 9 heteroatoms. The van der Waals surface area contributed by atoms with Crippen molar-refractivity contribution in [2.24, 2.45) is 5.73 Å². The minimum atomic E-state index is -0.575. The third kappa shape index (κ3) is 3.75. The van der Waals surface area contributed by atoms with Crippen molar-refractivity contribution in [2.45, 2.75) is 6.42 Å². The van der Waals surface area contributed by atoms with Gasteiger partial charge in [0.1, 0.15) is 0 Å². The third-order valence-corrected chi connectivity index (χ3v) is 4.53. The fourth-order valence-corrected chi connectivity index (χ4v) is 3.15. The average Bonchev–Trinajstić information content (AvgIpc) is 3.18. The van der Waals surface area contributed by atoms with E-state index in [1.807, 2.05) is 0 Å². The monoisotopic (exact) mass is 393 g/mol. The molecule has 1 aromatic carbocycles. The molecule has 4 N–H and O–H groups in total. The van der Waals surface area contributed by atoms with Crippen molar-refractivity contribution in [3.8, 4) is 34.3 Å². The van der Waals surface area contributed by atoms with Crippen LogP contribution in [0.5, 0.6) is 11.5 Å². The van der Waals surface area contributed by atoms with Gasteiger partial charge in [0.2, 0.25) is 0 Å². The number of amides is 2. The van der Waals surface area contributed by atoms with Crippen LogP contribution in [0.15, 0.2) is 36.5 Å². The van der Waals surface area contributed by atoms with Gasteiger partial charge >= 0.3 is 0 Å². The highest BCUT2D eigenvalue weighted by molar-refractivity contribution is 5.97. The van der Waals surface area contributed by atoms with E-state index in [0.717, 1.165) is 17.8 Å². The standard InChI is InChI=1S/C20H19N5O4/c1-28-17-8-11(2-3-16(17)29-10-18(21)26)19-22-6-5-14(25-19)15-9-12-13(24-15)4-7-23-20(12)27/h2-3,5-6,8-9,24H,4,7,10H2,1H3,(H2,21,26)(H,23,27). The fraction of sp³-hybridized carbons (Fsp3) is 0.200. The van der Waals surface area contributed by atoms with Crippen molar-refractivity contribution in [2.75, 3.05) is 20.3 Å². The van der Waals surface area contributed by atoms with Gasteiger partial charge in [-0.2, -0.15) is 0 Å². The molecule has 0 saturated carbocycles. The number of ether oxygens (including phenoxy) is 2. The summed E-state index contributed by atoms with van der Waals surface area (Å²) in [6, 6.07) is 8.75.